The van der Waals surface area contributed by atoms with E-state index in [-0.39, 0.29) is 11.7 Å². The third-order valence-corrected chi connectivity index (χ3v) is 4.68. The van der Waals surface area contributed by atoms with Gasteiger partial charge in [-0.1, -0.05) is 24.3 Å². The molecule has 23 heavy (non-hydrogen) atoms. The Balaban J connectivity index is 1.66. The SMILES string of the molecule is O=C(Nc1cnc2ccccc2c1)c1cc2c(F)cccc2s1. The maximum absolute atomic E-state index is 13.7. The molecule has 2 aromatic carbocycles. The normalized spacial score (nSPS) is 11.0. The average molecular weight is 322 g/mol. The van der Waals surface area contributed by atoms with Crippen LogP contribution in [0.1, 0.15) is 9.67 Å². The zero-order chi connectivity index (χ0) is 15.8. The summed E-state index contributed by atoms with van der Waals surface area (Å²) in [5.41, 5.74) is 1.49. The lowest BCUT2D eigenvalue weighted by Crippen LogP contribution is -2.10. The molecule has 0 bridgehead atoms. The topological polar surface area (TPSA) is 42.0 Å². The lowest BCUT2D eigenvalue weighted by molar-refractivity contribution is 0.103. The first-order valence-electron chi connectivity index (χ1n) is 7.05. The molecule has 0 atom stereocenters. The minimum Gasteiger partial charge on any atom is -0.320 e. The van der Waals surface area contributed by atoms with Gasteiger partial charge in [-0.05, 0) is 30.3 Å². The van der Waals surface area contributed by atoms with Crippen molar-refractivity contribution < 1.29 is 9.18 Å². The Labute approximate surface area is 135 Å². The molecule has 0 aliphatic rings. The second-order valence-electron chi connectivity index (χ2n) is 5.13. The molecule has 0 aliphatic carbocycles. The molecule has 112 valence electrons. The number of nitrogens with one attached hydrogen (secondary N) is 1. The van der Waals surface area contributed by atoms with E-state index in [1.807, 2.05) is 30.3 Å². The van der Waals surface area contributed by atoms with E-state index in [1.54, 1.807) is 24.4 Å². The molecular weight excluding hydrogens is 311 g/mol. The standard InChI is InChI=1S/C18H11FN2OS/c19-14-5-3-7-16-13(14)9-17(23-16)18(22)21-12-8-11-4-1-2-6-15(11)20-10-12/h1-10H,(H,21,22). The number of nitrogens with zero attached hydrogens (tertiary/aromatic N) is 1. The molecule has 2 aromatic heterocycles. The summed E-state index contributed by atoms with van der Waals surface area (Å²) in [6.45, 7) is 0. The van der Waals surface area contributed by atoms with Gasteiger partial charge >= 0.3 is 0 Å². The molecule has 0 spiro atoms. The maximum atomic E-state index is 13.7. The lowest BCUT2D eigenvalue weighted by atomic mass is 10.2. The van der Waals surface area contributed by atoms with Gasteiger partial charge in [0.15, 0.2) is 0 Å². The van der Waals surface area contributed by atoms with Crippen molar-refractivity contribution in [2.75, 3.05) is 5.32 Å². The van der Waals surface area contributed by atoms with Crippen LogP contribution in [0.3, 0.4) is 0 Å². The molecule has 5 heteroatoms. The van der Waals surface area contributed by atoms with Gasteiger partial charge in [0.2, 0.25) is 0 Å². The first-order valence-corrected chi connectivity index (χ1v) is 7.86. The highest BCUT2D eigenvalue weighted by molar-refractivity contribution is 7.20. The van der Waals surface area contributed by atoms with Gasteiger partial charge in [-0.15, -0.1) is 11.3 Å². The van der Waals surface area contributed by atoms with Gasteiger partial charge in [0.05, 0.1) is 22.3 Å². The number of aromatic nitrogens is 1. The minimum absolute atomic E-state index is 0.261. The molecule has 4 aromatic rings. The highest BCUT2D eigenvalue weighted by atomic mass is 32.1. The number of carbonyl (C=O) groups is 1. The molecule has 0 radical (unpaired) electrons. The Morgan fingerprint density at radius 3 is 2.83 bits per heavy atom. The summed E-state index contributed by atoms with van der Waals surface area (Å²) in [6.07, 6.45) is 1.62. The fourth-order valence-electron chi connectivity index (χ4n) is 2.47. The molecule has 1 amide bonds. The second kappa shape index (κ2) is 5.44. The number of carbonyl (C=O) groups excluding carboxylic acids is 1. The van der Waals surface area contributed by atoms with Crippen molar-refractivity contribution in [3.63, 3.8) is 0 Å². The number of fused-ring (bicyclic) bond motifs is 2. The van der Waals surface area contributed by atoms with E-state index in [0.717, 1.165) is 15.6 Å². The van der Waals surface area contributed by atoms with Gasteiger partial charge < -0.3 is 5.32 Å². The zero-order valence-corrected chi connectivity index (χ0v) is 12.7. The van der Waals surface area contributed by atoms with Crippen molar-refractivity contribution >= 4 is 43.9 Å². The van der Waals surface area contributed by atoms with Crippen LogP contribution in [0.2, 0.25) is 0 Å². The maximum Gasteiger partial charge on any atom is 0.265 e. The Bertz CT molecular complexity index is 1040. The zero-order valence-electron chi connectivity index (χ0n) is 11.9. The summed E-state index contributed by atoms with van der Waals surface area (Å²) < 4.78 is 14.5. The van der Waals surface area contributed by atoms with Crippen molar-refractivity contribution in [1.29, 1.82) is 0 Å². The molecule has 0 fully saturated rings. The molecule has 0 saturated heterocycles. The number of thiophene rings is 1. The summed E-state index contributed by atoms with van der Waals surface area (Å²) in [5, 5.41) is 4.24. The molecule has 1 N–H and O–H groups in total. The van der Waals surface area contributed by atoms with Crippen LogP contribution in [-0.4, -0.2) is 10.9 Å². The Morgan fingerprint density at radius 2 is 1.96 bits per heavy atom. The Kier molecular flexibility index (Phi) is 3.28. The van der Waals surface area contributed by atoms with E-state index >= 15 is 0 Å². The summed E-state index contributed by atoms with van der Waals surface area (Å²) in [6, 6.07) is 16.0. The smallest absolute Gasteiger partial charge is 0.265 e. The minimum atomic E-state index is -0.315. The van der Waals surface area contributed by atoms with E-state index in [9.17, 15) is 9.18 Å². The van der Waals surface area contributed by atoms with Crippen LogP contribution in [0.25, 0.3) is 21.0 Å². The van der Waals surface area contributed by atoms with Crippen LogP contribution in [-0.2, 0) is 0 Å². The first kappa shape index (κ1) is 13.8. The molecule has 3 nitrogen and oxygen atoms in total. The predicted molar refractivity (Wildman–Crippen MR) is 91.5 cm³/mol. The number of hydrogen-bond donors (Lipinski definition) is 1. The monoisotopic (exact) mass is 322 g/mol. The molecule has 0 saturated carbocycles. The number of benzene rings is 2. The predicted octanol–water partition coefficient (Wildman–Crippen LogP) is 4.84. The van der Waals surface area contributed by atoms with Crippen LogP contribution >= 0.6 is 11.3 Å². The summed E-state index contributed by atoms with van der Waals surface area (Å²) in [7, 11) is 0. The van der Waals surface area contributed by atoms with E-state index < -0.39 is 0 Å². The van der Waals surface area contributed by atoms with Crippen molar-refractivity contribution in [2.45, 2.75) is 0 Å². The number of anilines is 1. The highest BCUT2D eigenvalue weighted by Crippen LogP contribution is 2.28. The van der Waals surface area contributed by atoms with E-state index in [1.165, 1.54) is 17.4 Å². The van der Waals surface area contributed by atoms with Gasteiger partial charge in [0, 0.05) is 15.5 Å². The highest BCUT2D eigenvalue weighted by Gasteiger charge is 2.13. The lowest BCUT2D eigenvalue weighted by Gasteiger charge is -2.04. The van der Waals surface area contributed by atoms with Crippen molar-refractivity contribution in [3.05, 3.63) is 71.5 Å². The van der Waals surface area contributed by atoms with Gasteiger partial charge in [0.1, 0.15) is 5.82 Å². The third-order valence-electron chi connectivity index (χ3n) is 3.58. The van der Waals surface area contributed by atoms with Gasteiger partial charge in [0.25, 0.3) is 5.91 Å². The molecule has 0 unspecified atom stereocenters. The Morgan fingerprint density at radius 1 is 1.09 bits per heavy atom. The molecule has 4 rings (SSSR count). The molecule has 0 aliphatic heterocycles. The number of para-hydroxylation sites is 1. The van der Waals surface area contributed by atoms with E-state index in [2.05, 4.69) is 10.3 Å². The number of amides is 1. The molecule has 2 heterocycles. The van der Waals surface area contributed by atoms with Crippen molar-refractivity contribution in [3.8, 4) is 0 Å². The fourth-order valence-corrected chi connectivity index (χ4v) is 3.44. The van der Waals surface area contributed by atoms with Gasteiger partial charge in [-0.3, -0.25) is 9.78 Å². The average Bonchev–Trinajstić information content (AvgIpc) is 3.01. The number of rotatable bonds is 2. The van der Waals surface area contributed by atoms with Crippen molar-refractivity contribution in [1.82, 2.24) is 4.98 Å². The largest absolute Gasteiger partial charge is 0.320 e. The van der Waals surface area contributed by atoms with Crippen LogP contribution in [0.15, 0.2) is 60.8 Å². The Hall–Kier alpha value is -2.79. The van der Waals surface area contributed by atoms with Gasteiger partial charge in [-0.2, -0.15) is 0 Å². The van der Waals surface area contributed by atoms with Crippen LogP contribution < -0.4 is 5.32 Å². The third kappa shape index (κ3) is 2.55. The number of halogens is 1. The van der Waals surface area contributed by atoms with E-state index in [4.69, 9.17) is 0 Å². The number of hydrogen-bond acceptors (Lipinski definition) is 3. The summed E-state index contributed by atoms with van der Waals surface area (Å²) >= 11 is 1.27. The van der Waals surface area contributed by atoms with Gasteiger partial charge in [-0.25, -0.2) is 4.39 Å². The van der Waals surface area contributed by atoms with Crippen molar-refractivity contribution in [2.24, 2.45) is 0 Å². The van der Waals surface area contributed by atoms with Crippen LogP contribution in [0.5, 0.6) is 0 Å². The summed E-state index contributed by atoms with van der Waals surface area (Å²) in [5.74, 6) is -0.576. The summed E-state index contributed by atoms with van der Waals surface area (Å²) in [4.78, 5) is 17.2. The fraction of sp³-hybridized carbons (Fsp3) is 0. The van der Waals surface area contributed by atoms with Crippen LogP contribution in [0, 0.1) is 5.82 Å². The first-order chi connectivity index (χ1) is 11.2. The quantitative estimate of drug-likeness (QED) is 0.574. The van der Waals surface area contributed by atoms with Crippen LogP contribution in [0.4, 0.5) is 10.1 Å². The number of pyridine rings is 1. The molecular formula is C18H11FN2OS. The second-order valence-corrected chi connectivity index (χ2v) is 6.22. The van der Waals surface area contributed by atoms with E-state index in [0.29, 0.717) is 16.0 Å².